The molecule has 1 radical (unpaired) electrons. The highest BCUT2D eigenvalue weighted by Gasteiger charge is 2.11. The maximum atomic E-state index is 4.65. The molecule has 0 N–H and O–H groups in total. The summed E-state index contributed by atoms with van der Waals surface area (Å²) in [4.78, 5) is 0. The Morgan fingerprint density at radius 2 is 1.00 bits per heavy atom. The summed E-state index contributed by atoms with van der Waals surface area (Å²) in [7, 11) is 0. The molecule has 0 fully saturated rings. The van der Waals surface area contributed by atoms with Crippen LogP contribution in [-0.2, 0) is 0 Å². The van der Waals surface area contributed by atoms with Crippen LogP contribution in [0.3, 0.4) is 0 Å². The van der Waals surface area contributed by atoms with Crippen molar-refractivity contribution in [1.29, 1.82) is 0 Å². The highest BCUT2D eigenvalue weighted by Crippen LogP contribution is 2.22. The van der Waals surface area contributed by atoms with E-state index in [4.69, 9.17) is 0 Å². The van der Waals surface area contributed by atoms with Crippen LogP contribution in [-0.4, -0.2) is 21.0 Å². The molecule has 109 valence electrons. The van der Waals surface area contributed by atoms with E-state index in [2.05, 4.69) is 64.4 Å². The molecule has 0 amide bonds. The van der Waals surface area contributed by atoms with E-state index in [1.807, 2.05) is 0 Å². The first-order chi connectivity index (χ1) is 8.49. The lowest BCUT2D eigenvalue weighted by molar-refractivity contribution is 0.578. The second kappa shape index (κ2) is 12.2. The molecular formula is C14H29S4. The lowest BCUT2D eigenvalue weighted by Crippen LogP contribution is -2.09. The molecule has 0 bridgehead atoms. The second-order valence-corrected chi connectivity index (χ2v) is 7.97. The molecule has 18 heavy (non-hydrogen) atoms. The van der Waals surface area contributed by atoms with Gasteiger partial charge < -0.3 is 0 Å². The van der Waals surface area contributed by atoms with Crippen molar-refractivity contribution in [3.8, 4) is 0 Å². The fraction of sp³-hybridized carbons (Fsp3) is 0.929. The highest BCUT2D eigenvalue weighted by atomic mass is 32.1. The quantitative estimate of drug-likeness (QED) is 0.371. The molecule has 0 aromatic rings. The highest BCUT2D eigenvalue weighted by molar-refractivity contribution is 7.81. The van der Waals surface area contributed by atoms with Crippen molar-refractivity contribution in [3.05, 3.63) is 6.92 Å². The van der Waals surface area contributed by atoms with Crippen molar-refractivity contribution >= 4 is 50.5 Å². The molecule has 4 atom stereocenters. The van der Waals surface area contributed by atoms with Gasteiger partial charge in [0.15, 0.2) is 0 Å². The summed E-state index contributed by atoms with van der Waals surface area (Å²) in [5, 5.41) is 1.95. The SMILES string of the molecule is [CH2]CC(S)CCC(S)CCC(S)CCC(S)CC. The minimum Gasteiger partial charge on any atom is -0.176 e. The Morgan fingerprint density at radius 3 is 1.33 bits per heavy atom. The third kappa shape index (κ3) is 11.2. The Bertz CT molecular complexity index is 167. The Kier molecular flexibility index (Phi) is 13.1. The molecule has 4 unspecified atom stereocenters. The van der Waals surface area contributed by atoms with Crippen molar-refractivity contribution in [2.75, 3.05) is 0 Å². The number of thiol groups is 4. The van der Waals surface area contributed by atoms with E-state index >= 15 is 0 Å². The zero-order valence-corrected chi connectivity index (χ0v) is 15.0. The molecule has 0 saturated heterocycles. The van der Waals surface area contributed by atoms with E-state index < -0.39 is 0 Å². The van der Waals surface area contributed by atoms with Gasteiger partial charge in [-0.25, -0.2) is 0 Å². The summed E-state index contributed by atoms with van der Waals surface area (Å²) in [6.07, 6.45) is 8.95. The van der Waals surface area contributed by atoms with Crippen LogP contribution in [0, 0.1) is 6.92 Å². The molecule has 0 nitrogen and oxygen atoms in total. The summed E-state index contributed by atoms with van der Waals surface area (Å²) in [5.74, 6) is 0. The summed E-state index contributed by atoms with van der Waals surface area (Å²) in [6, 6.07) is 0. The van der Waals surface area contributed by atoms with Gasteiger partial charge in [-0.3, -0.25) is 0 Å². The zero-order valence-electron chi connectivity index (χ0n) is 11.5. The first-order valence-corrected chi connectivity index (χ1v) is 9.07. The summed E-state index contributed by atoms with van der Waals surface area (Å²) in [6.45, 7) is 6.05. The van der Waals surface area contributed by atoms with Crippen LogP contribution in [0.15, 0.2) is 0 Å². The van der Waals surface area contributed by atoms with Crippen LogP contribution in [0.2, 0.25) is 0 Å². The maximum absolute atomic E-state index is 4.65. The minimum absolute atomic E-state index is 0.431. The number of hydrogen-bond donors (Lipinski definition) is 4. The Labute approximate surface area is 136 Å². The summed E-state index contributed by atoms with van der Waals surface area (Å²) in [5.41, 5.74) is 0. The van der Waals surface area contributed by atoms with Crippen LogP contribution < -0.4 is 0 Å². The van der Waals surface area contributed by atoms with E-state index in [0.29, 0.717) is 21.0 Å². The van der Waals surface area contributed by atoms with Gasteiger partial charge in [0, 0.05) is 21.0 Å². The van der Waals surface area contributed by atoms with Gasteiger partial charge in [-0.2, -0.15) is 50.5 Å². The second-order valence-electron chi connectivity index (χ2n) is 5.04. The molecule has 0 spiro atoms. The van der Waals surface area contributed by atoms with Gasteiger partial charge in [0.25, 0.3) is 0 Å². The van der Waals surface area contributed by atoms with Crippen LogP contribution in [0.1, 0.15) is 58.3 Å². The molecule has 4 heteroatoms. The molecule has 0 heterocycles. The van der Waals surface area contributed by atoms with E-state index in [-0.39, 0.29) is 0 Å². The van der Waals surface area contributed by atoms with Crippen LogP contribution in [0.5, 0.6) is 0 Å². The monoisotopic (exact) mass is 325 g/mol. The lowest BCUT2D eigenvalue weighted by Gasteiger charge is -2.17. The molecule has 0 rings (SSSR count). The molecule has 0 aliphatic carbocycles. The summed E-state index contributed by atoms with van der Waals surface area (Å²) >= 11 is 18.3. The van der Waals surface area contributed by atoms with Crippen molar-refractivity contribution in [1.82, 2.24) is 0 Å². The predicted octanol–water partition coefficient (Wildman–Crippen LogP) is 5.15. The molecule has 0 aromatic heterocycles. The lowest BCUT2D eigenvalue weighted by atomic mass is 10.0. The number of hydrogen-bond acceptors (Lipinski definition) is 4. The normalized spacial score (nSPS) is 18.3. The minimum atomic E-state index is 0.431. The molecule has 0 saturated carbocycles. The maximum Gasteiger partial charge on any atom is 0.00176 e. The predicted molar refractivity (Wildman–Crippen MR) is 99.1 cm³/mol. The largest absolute Gasteiger partial charge is 0.176 e. The van der Waals surface area contributed by atoms with E-state index in [0.717, 1.165) is 38.5 Å². The molecular weight excluding hydrogens is 296 g/mol. The molecule has 0 aliphatic rings. The smallest absolute Gasteiger partial charge is 0.00176 e. The van der Waals surface area contributed by atoms with Crippen LogP contribution in [0.25, 0.3) is 0 Å². The zero-order chi connectivity index (χ0) is 14.0. The first kappa shape index (κ1) is 19.4. The standard InChI is InChI=1S/C14H29S4/c1-3-11(15)5-7-13(17)9-10-14(18)8-6-12(16)4-2/h11-18H,1,3-10H2,2H3. The van der Waals surface area contributed by atoms with Crippen LogP contribution in [0.4, 0.5) is 0 Å². The number of rotatable bonds is 11. The van der Waals surface area contributed by atoms with Gasteiger partial charge in [0.2, 0.25) is 0 Å². The van der Waals surface area contributed by atoms with Crippen molar-refractivity contribution in [2.24, 2.45) is 0 Å². The first-order valence-electron chi connectivity index (χ1n) is 7.01. The van der Waals surface area contributed by atoms with Gasteiger partial charge in [-0.15, -0.1) is 0 Å². The molecule has 0 aromatic carbocycles. The van der Waals surface area contributed by atoms with Crippen molar-refractivity contribution in [2.45, 2.75) is 79.3 Å². The van der Waals surface area contributed by atoms with E-state index in [1.54, 1.807) is 0 Å². The average Bonchev–Trinajstić information content (AvgIpc) is 2.39. The molecule has 0 aliphatic heterocycles. The van der Waals surface area contributed by atoms with E-state index in [1.165, 1.54) is 12.8 Å². The van der Waals surface area contributed by atoms with Gasteiger partial charge >= 0.3 is 0 Å². The third-order valence-electron chi connectivity index (χ3n) is 3.30. The van der Waals surface area contributed by atoms with Crippen molar-refractivity contribution < 1.29 is 0 Å². The van der Waals surface area contributed by atoms with Gasteiger partial charge in [-0.05, 0) is 51.4 Å². The topological polar surface area (TPSA) is 0 Å². The van der Waals surface area contributed by atoms with Gasteiger partial charge in [0.1, 0.15) is 0 Å². The fourth-order valence-electron chi connectivity index (χ4n) is 1.79. The van der Waals surface area contributed by atoms with Gasteiger partial charge in [0.05, 0.1) is 0 Å². The van der Waals surface area contributed by atoms with Crippen molar-refractivity contribution in [3.63, 3.8) is 0 Å². The van der Waals surface area contributed by atoms with Crippen LogP contribution >= 0.6 is 50.5 Å². The Hall–Kier alpha value is 1.40. The Balaban J connectivity index is 3.55. The fourth-order valence-corrected chi connectivity index (χ4v) is 2.69. The summed E-state index contributed by atoms with van der Waals surface area (Å²) < 4.78 is 0. The Morgan fingerprint density at radius 1 is 0.667 bits per heavy atom. The average molecular weight is 326 g/mol. The van der Waals surface area contributed by atoms with E-state index in [9.17, 15) is 0 Å². The van der Waals surface area contributed by atoms with Gasteiger partial charge in [-0.1, -0.05) is 13.8 Å². The third-order valence-corrected chi connectivity index (χ3v) is 5.48.